The molecular formula is C30H26F4N6O5S. The van der Waals surface area contributed by atoms with Crippen molar-refractivity contribution < 1.29 is 41.4 Å². The van der Waals surface area contributed by atoms with Gasteiger partial charge in [0, 0.05) is 18.2 Å². The normalized spacial score (nSPS) is 14.9. The van der Waals surface area contributed by atoms with E-state index in [1.165, 1.54) is 40.2 Å². The second-order valence-electron chi connectivity index (χ2n) is 9.82. The van der Waals surface area contributed by atoms with Gasteiger partial charge in [0.2, 0.25) is 5.91 Å². The fraction of sp³-hybridized carbons (Fsp3) is 0.233. The number of nitrogens with one attached hydrogen (secondary N) is 1. The van der Waals surface area contributed by atoms with Gasteiger partial charge < -0.3 is 19.5 Å². The molecule has 1 aromatic heterocycles. The number of carbonyl (C=O) groups is 2. The number of alkyl halides is 3. The van der Waals surface area contributed by atoms with Crippen LogP contribution in [0.1, 0.15) is 24.2 Å². The predicted molar refractivity (Wildman–Crippen MR) is 161 cm³/mol. The Morgan fingerprint density at radius 2 is 1.89 bits per heavy atom. The molecule has 1 saturated heterocycles. The van der Waals surface area contributed by atoms with E-state index in [9.17, 15) is 27.2 Å². The molecule has 1 unspecified atom stereocenters. The van der Waals surface area contributed by atoms with Crippen molar-refractivity contribution >= 4 is 34.6 Å². The number of benzene rings is 3. The van der Waals surface area contributed by atoms with E-state index in [1.807, 2.05) is 32.0 Å². The zero-order valence-corrected chi connectivity index (χ0v) is 25.4. The fourth-order valence-electron chi connectivity index (χ4n) is 4.38. The zero-order valence-electron chi connectivity index (χ0n) is 24.5. The second kappa shape index (κ2) is 13.6. The van der Waals surface area contributed by atoms with Gasteiger partial charge in [-0.3, -0.25) is 9.69 Å². The highest BCUT2D eigenvalue weighted by Gasteiger charge is 2.33. The molecule has 5 rings (SSSR count). The SMILES string of the molecule is COC(C)c1ccc(C)cc1N1C(=O)CSC1=NC(=O)NCOc1ccc(-c2ncn(-c3ccc(OC(F)(F)F)cc3)n2)cc1F. The average Bonchev–Trinajstić information content (AvgIpc) is 3.64. The second-order valence-corrected chi connectivity index (χ2v) is 10.8. The monoisotopic (exact) mass is 658 g/mol. The number of urea groups is 1. The minimum atomic E-state index is -4.81. The number of aromatic nitrogens is 3. The third kappa shape index (κ3) is 7.63. The maximum atomic E-state index is 14.9. The first kappa shape index (κ1) is 32.4. The fourth-order valence-corrected chi connectivity index (χ4v) is 5.24. The summed E-state index contributed by atoms with van der Waals surface area (Å²) < 4.78 is 68.0. The van der Waals surface area contributed by atoms with Gasteiger partial charge in [0.1, 0.15) is 12.1 Å². The number of nitrogens with zero attached hydrogens (tertiary/aromatic N) is 5. The van der Waals surface area contributed by atoms with E-state index in [-0.39, 0.29) is 40.3 Å². The number of carbonyl (C=O) groups excluding carboxylic acids is 2. The van der Waals surface area contributed by atoms with Crippen LogP contribution in [0.25, 0.3) is 17.1 Å². The Morgan fingerprint density at radius 1 is 1.13 bits per heavy atom. The van der Waals surface area contributed by atoms with Gasteiger partial charge >= 0.3 is 12.4 Å². The zero-order chi connectivity index (χ0) is 33.0. The van der Waals surface area contributed by atoms with E-state index < -0.39 is 24.9 Å². The summed E-state index contributed by atoms with van der Waals surface area (Å²) in [4.78, 5) is 34.9. The molecule has 0 saturated carbocycles. The quantitative estimate of drug-likeness (QED) is 0.168. The van der Waals surface area contributed by atoms with Gasteiger partial charge in [0.05, 0.1) is 23.2 Å². The topological polar surface area (TPSA) is 120 Å². The van der Waals surface area contributed by atoms with Crippen molar-refractivity contribution in [3.05, 3.63) is 83.9 Å². The van der Waals surface area contributed by atoms with E-state index in [2.05, 4.69) is 25.1 Å². The van der Waals surface area contributed by atoms with E-state index in [4.69, 9.17) is 9.47 Å². The molecule has 1 aliphatic heterocycles. The molecule has 1 atom stereocenters. The number of aryl methyl sites for hydroxylation is 1. The highest BCUT2D eigenvalue weighted by molar-refractivity contribution is 8.15. The van der Waals surface area contributed by atoms with Gasteiger partial charge in [-0.25, -0.2) is 18.9 Å². The number of ether oxygens (including phenoxy) is 3. The van der Waals surface area contributed by atoms with Gasteiger partial charge in [-0.1, -0.05) is 23.9 Å². The van der Waals surface area contributed by atoms with Crippen LogP contribution in [0.5, 0.6) is 11.5 Å². The highest BCUT2D eigenvalue weighted by Crippen LogP contribution is 2.34. The van der Waals surface area contributed by atoms with Gasteiger partial charge in [0.15, 0.2) is 29.3 Å². The van der Waals surface area contributed by atoms with Crippen LogP contribution >= 0.6 is 11.8 Å². The van der Waals surface area contributed by atoms with Crippen LogP contribution in [0, 0.1) is 12.7 Å². The Bertz CT molecular complexity index is 1780. The Kier molecular flexibility index (Phi) is 9.57. The summed E-state index contributed by atoms with van der Waals surface area (Å²) >= 11 is 1.11. The maximum Gasteiger partial charge on any atom is 0.573 e. The van der Waals surface area contributed by atoms with Gasteiger partial charge in [-0.05, 0) is 67.9 Å². The highest BCUT2D eigenvalue weighted by atomic mass is 32.2. The van der Waals surface area contributed by atoms with Crippen LogP contribution < -0.4 is 19.7 Å². The number of methoxy groups -OCH3 is 1. The van der Waals surface area contributed by atoms with Gasteiger partial charge in [-0.15, -0.1) is 18.3 Å². The van der Waals surface area contributed by atoms with Crippen LogP contribution in [0.3, 0.4) is 0 Å². The van der Waals surface area contributed by atoms with E-state index >= 15 is 0 Å². The van der Waals surface area contributed by atoms with Crippen LogP contribution in [-0.4, -0.2) is 57.8 Å². The smallest absolute Gasteiger partial charge is 0.470 e. The van der Waals surface area contributed by atoms with Crippen molar-refractivity contribution in [3.8, 4) is 28.6 Å². The molecule has 16 heteroatoms. The molecule has 0 spiro atoms. The molecule has 4 aromatic rings. The number of amidine groups is 1. The first-order chi connectivity index (χ1) is 21.9. The number of hydrogen-bond acceptors (Lipinski definition) is 8. The Labute approximate surface area is 264 Å². The minimum Gasteiger partial charge on any atom is -0.470 e. The molecule has 1 fully saturated rings. The molecule has 11 nitrogen and oxygen atoms in total. The predicted octanol–water partition coefficient (Wildman–Crippen LogP) is 6.17. The third-order valence-electron chi connectivity index (χ3n) is 6.65. The lowest BCUT2D eigenvalue weighted by Gasteiger charge is -2.23. The van der Waals surface area contributed by atoms with Crippen LogP contribution in [0.4, 0.5) is 28.0 Å². The van der Waals surface area contributed by atoms with Crippen molar-refractivity contribution in [1.29, 1.82) is 0 Å². The van der Waals surface area contributed by atoms with E-state index in [0.29, 0.717) is 16.9 Å². The standard InChI is InChI=1S/C30H26F4N6O5S/c1-17-4-10-22(18(2)43-3)24(12-17)40-26(41)14-46-29(40)37-28(42)36-16-44-25-11-5-19(13-23(25)31)27-35-15-39(38-27)20-6-8-21(9-7-20)45-30(32,33)34/h4-13,15,18H,14,16H2,1-3H3,(H,36,42). The largest absolute Gasteiger partial charge is 0.573 e. The minimum absolute atomic E-state index is 0.102. The van der Waals surface area contributed by atoms with Crippen LogP contribution in [0.15, 0.2) is 72.0 Å². The number of amides is 3. The number of rotatable bonds is 9. The summed E-state index contributed by atoms with van der Waals surface area (Å²) in [6.45, 7) is 3.32. The van der Waals surface area contributed by atoms with Crippen LogP contribution in [-0.2, 0) is 9.53 Å². The summed E-state index contributed by atoms with van der Waals surface area (Å²) in [6.07, 6.45) is -3.80. The molecule has 0 aliphatic carbocycles. The summed E-state index contributed by atoms with van der Waals surface area (Å²) in [5.41, 5.74) is 2.95. The van der Waals surface area contributed by atoms with Crippen molar-refractivity contribution in [1.82, 2.24) is 20.1 Å². The third-order valence-corrected chi connectivity index (χ3v) is 7.57. The number of thioether (sulfide) groups is 1. The molecule has 1 N–H and O–H groups in total. The summed E-state index contributed by atoms with van der Waals surface area (Å²) in [5, 5.41) is 6.86. The van der Waals surface area contributed by atoms with Crippen molar-refractivity contribution in [2.24, 2.45) is 4.99 Å². The first-order valence-electron chi connectivity index (χ1n) is 13.6. The lowest BCUT2D eigenvalue weighted by molar-refractivity contribution is -0.274. The Balaban J connectivity index is 1.21. The number of aliphatic imine (C=N–C) groups is 1. The van der Waals surface area contributed by atoms with Gasteiger partial charge in [-0.2, -0.15) is 4.99 Å². The summed E-state index contributed by atoms with van der Waals surface area (Å²) in [5.74, 6) is -1.30. The summed E-state index contributed by atoms with van der Waals surface area (Å²) in [6, 6.07) is 13.7. The Hall–Kier alpha value is -4.96. The van der Waals surface area contributed by atoms with Crippen molar-refractivity contribution in [2.75, 3.05) is 24.5 Å². The van der Waals surface area contributed by atoms with E-state index in [0.717, 1.165) is 41.1 Å². The maximum absolute atomic E-state index is 14.9. The molecule has 2 heterocycles. The average molecular weight is 659 g/mol. The molecule has 0 bridgehead atoms. The number of anilines is 1. The molecule has 1 aliphatic rings. The number of halogens is 4. The molecule has 3 amide bonds. The molecular weight excluding hydrogens is 632 g/mol. The molecule has 0 radical (unpaired) electrons. The number of hydrogen-bond donors (Lipinski definition) is 1. The lowest BCUT2D eigenvalue weighted by Crippen LogP contribution is -2.33. The van der Waals surface area contributed by atoms with Crippen LogP contribution in [0.2, 0.25) is 0 Å². The molecule has 46 heavy (non-hydrogen) atoms. The molecule has 240 valence electrons. The van der Waals surface area contributed by atoms with Crippen molar-refractivity contribution in [2.45, 2.75) is 26.3 Å². The first-order valence-corrected chi connectivity index (χ1v) is 14.6. The Morgan fingerprint density at radius 3 is 2.59 bits per heavy atom. The van der Waals surface area contributed by atoms with Gasteiger partial charge in [0.25, 0.3) is 0 Å². The van der Waals surface area contributed by atoms with E-state index in [1.54, 1.807) is 7.11 Å². The molecule has 3 aromatic carbocycles. The lowest BCUT2D eigenvalue weighted by atomic mass is 10.0. The summed E-state index contributed by atoms with van der Waals surface area (Å²) in [7, 11) is 1.56. The van der Waals surface area contributed by atoms with Crippen molar-refractivity contribution in [3.63, 3.8) is 0 Å².